The van der Waals surface area contributed by atoms with Gasteiger partial charge < -0.3 is 15.4 Å². The van der Waals surface area contributed by atoms with Crippen LogP contribution in [0.15, 0.2) is 24.3 Å². The zero-order valence-electron chi connectivity index (χ0n) is 15.8. The van der Waals surface area contributed by atoms with E-state index < -0.39 is 0 Å². The predicted molar refractivity (Wildman–Crippen MR) is 99.4 cm³/mol. The molecule has 24 heavy (non-hydrogen) atoms. The number of ether oxygens (including phenoxy) is 1. The fourth-order valence-corrected chi connectivity index (χ4v) is 3.02. The Kier molecular flexibility index (Phi) is 8.79. The summed E-state index contributed by atoms with van der Waals surface area (Å²) < 4.78 is 5.81. The standard InChI is InChI=1S/C19H33N3O2/c1-6-22(7-2)13-8-14-24-17-11-9-16(10-12-17)15(3)18(19(20)23)21(4)5/h9-12,15,18H,6-8,13-14H2,1-5H3,(H2,20,23). The molecule has 1 aromatic carbocycles. The summed E-state index contributed by atoms with van der Waals surface area (Å²) in [5.74, 6) is 0.601. The normalized spacial score (nSPS) is 14.0. The van der Waals surface area contributed by atoms with E-state index in [4.69, 9.17) is 10.5 Å². The van der Waals surface area contributed by atoms with Gasteiger partial charge in [0.25, 0.3) is 0 Å². The second kappa shape index (κ2) is 10.3. The summed E-state index contributed by atoms with van der Waals surface area (Å²) >= 11 is 0. The lowest BCUT2D eigenvalue weighted by atomic mass is 9.92. The van der Waals surface area contributed by atoms with Crippen molar-refractivity contribution in [3.05, 3.63) is 29.8 Å². The first-order chi connectivity index (χ1) is 11.4. The summed E-state index contributed by atoms with van der Waals surface area (Å²) in [7, 11) is 3.75. The van der Waals surface area contributed by atoms with Crippen molar-refractivity contribution in [1.29, 1.82) is 0 Å². The number of rotatable bonds is 11. The van der Waals surface area contributed by atoms with Crippen LogP contribution < -0.4 is 10.5 Å². The Morgan fingerprint density at radius 3 is 2.21 bits per heavy atom. The average molecular weight is 335 g/mol. The van der Waals surface area contributed by atoms with Gasteiger partial charge in [-0.2, -0.15) is 0 Å². The van der Waals surface area contributed by atoms with Crippen molar-refractivity contribution < 1.29 is 9.53 Å². The van der Waals surface area contributed by atoms with Gasteiger partial charge in [0.05, 0.1) is 12.6 Å². The Labute approximate surface area is 146 Å². The molecule has 0 aromatic heterocycles. The number of carbonyl (C=O) groups excluding carboxylic acids is 1. The zero-order valence-corrected chi connectivity index (χ0v) is 15.8. The summed E-state index contributed by atoms with van der Waals surface area (Å²) in [6.45, 7) is 10.3. The Bertz CT molecular complexity index is 484. The Hall–Kier alpha value is -1.59. The van der Waals surface area contributed by atoms with E-state index in [9.17, 15) is 4.79 Å². The monoisotopic (exact) mass is 335 g/mol. The molecule has 2 unspecified atom stereocenters. The van der Waals surface area contributed by atoms with E-state index >= 15 is 0 Å². The van der Waals surface area contributed by atoms with Gasteiger partial charge in [-0.25, -0.2) is 0 Å². The molecule has 0 aliphatic carbocycles. The molecule has 1 aromatic rings. The number of carbonyl (C=O) groups is 1. The first kappa shape index (κ1) is 20.5. The molecule has 0 spiro atoms. The van der Waals surface area contributed by atoms with Gasteiger partial charge in [0.15, 0.2) is 0 Å². The third kappa shape index (κ3) is 6.13. The molecule has 2 atom stereocenters. The molecule has 5 nitrogen and oxygen atoms in total. The van der Waals surface area contributed by atoms with Crippen molar-refractivity contribution in [3.63, 3.8) is 0 Å². The molecule has 5 heteroatoms. The number of nitrogens with zero attached hydrogens (tertiary/aromatic N) is 2. The van der Waals surface area contributed by atoms with Gasteiger partial charge in [0, 0.05) is 12.5 Å². The van der Waals surface area contributed by atoms with E-state index in [0.29, 0.717) is 6.61 Å². The van der Waals surface area contributed by atoms with E-state index in [1.807, 2.05) is 50.2 Å². The van der Waals surface area contributed by atoms with Crippen molar-refractivity contribution in [2.45, 2.75) is 39.2 Å². The molecule has 0 saturated heterocycles. The fourth-order valence-electron chi connectivity index (χ4n) is 3.02. The van der Waals surface area contributed by atoms with Gasteiger partial charge in [0.2, 0.25) is 5.91 Å². The quantitative estimate of drug-likeness (QED) is 0.631. The van der Waals surface area contributed by atoms with Crippen LogP contribution >= 0.6 is 0 Å². The Balaban J connectivity index is 2.55. The smallest absolute Gasteiger partial charge is 0.235 e. The molecule has 136 valence electrons. The highest BCUT2D eigenvalue weighted by atomic mass is 16.5. The van der Waals surface area contributed by atoms with Gasteiger partial charge in [-0.1, -0.05) is 32.9 Å². The first-order valence-corrected chi connectivity index (χ1v) is 8.81. The van der Waals surface area contributed by atoms with Crippen LogP contribution in [0.3, 0.4) is 0 Å². The minimum Gasteiger partial charge on any atom is -0.494 e. The van der Waals surface area contributed by atoms with E-state index in [-0.39, 0.29) is 17.9 Å². The number of hydrogen-bond acceptors (Lipinski definition) is 4. The maximum Gasteiger partial charge on any atom is 0.235 e. The van der Waals surface area contributed by atoms with Gasteiger partial charge in [-0.15, -0.1) is 0 Å². The number of amides is 1. The molecular formula is C19H33N3O2. The number of primary amides is 1. The highest BCUT2D eigenvalue weighted by molar-refractivity contribution is 5.81. The highest BCUT2D eigenvalue weighted by Gasteiger charge is 2.26. The second-order valence-corrected chi connectivity index (χ2v) is 6.40. The van der Waals surface area contributed by atoms with E-state index in [1.165, 1.54) is 0 Å². The zero-order chi connectivity index (χ0) is 18.1. The summed E-state index contributed by atoms with van der Waals surface area (Å²) in [6.07, 6.45) is 1.02. The molecule has 0 aliphatic rings. The molecule has 0 fully saturated rings. The van der Waals surface area contributed by atoms with E-state index in [0.717, 1.165) is 37.4 Å². The Morgan fingerprint density at radius 1 is 1.17 bits per heavy atom. The average Bonchev–Trinajstić information content (AvgIpc) is 2.55. The lowest BCUT2D eigenvalue weighted by Crippen LogP contribution is -2.43. The lowest BCUT2D eigenvalue weighted by molar-refractivity contribution is -0.122. The van der Waals surface area contributed by atoms with Crippen LogP contribution in [-0.4, -0.2) is 62.1 Å². The van der Waals surface area contributed by atoms with Crippen molar-refractivity contribution in [2.75, 3.05) is 40.3 Å². The molecular weight excluding hydrogens is 302 g/mol. The number of benzene rings is 1. The van der Waals surface area contributed by atoms with Gasteiger partial charge in [-0.05, 0) is 51.3 Å². The molecule has 0 saturated carbocycles. The van der Waals surface area contributed by atoms with Crippen molar-refractivity contribution in [3.8, 4) is 5.75 Å². The van der Waals surface area contributed by atoms with Crippen LogP contribution in [0.25, 0.3) is 0 Å². The van der Waals surface area contributed by atoms with E-state index in [2.05, 4.69) is 18.7 Å². The van der Waals surface area contributed by atoms with Crippen molar-refractivity contribution >= 4 is 5.91 Å². The molecule has 0 heterocycles. The highest BCUT2D eigenvalue weighted by Crippen LogP contribution is 2.24. The largest absolute Gasteiger partial charge is 0.494 e. The summed E-state index contributed by atoms with van der Waals surface area (Å²) in [6, 6.07) is 7.66. The summed E-state index contributed by atoms with van der Waals surface area (Å²) in [5.41, 5.74) is 6.61. The molecule has 2 N–H and O–H groups in total. The minimum absolute atomic E-state index is 0.0363. The number of nitrogens with two attached hydrogens (primary N) is 1. The Morgan fingerprint density at radius 2 is 1.75 bits per heavy atom. The van der Waals surface area contributed by atoms with Crippen molar-refractivity contribution in [2.24, 2.45) is 5.73 Å². The van der Waals surface area contributed by atoms with Crippen LogP contribution in [0.2, 0.25) is 0 Å². The molecule has 0 bridgehead atoms. The van der Waals surface area contributed by atoms with Gasteiger partial charge >= 0.3 is 0 Å². The van der Waals surface area contributed by atoms with Crippen LogP contribution in [0.1, 0.15) is 38.7 Å². The number of likely N-dealkylation sites (N-methyl/N-ethyl adjacent to an activating group) is 1. The SMILES string of the molecule is CCN(CC)CCCOc1ccc(C(C)C(C(N)=O)N(C)C)cc1. The third-order valence-electron chi connectivity index (χ3n) is 4.51. The van der Waals surface area contributed by atoms with Gasteiger partial charge in [-0.3, -0.25) is 9.69 Å². The van der Waals surface area contributed by atoms with Crippen LogP contribution in [-0.2, 0) is 4.79 Å². The minimum atomic E-state index is -0.314. The van der Waals surface area contributed by atoms with Gasteiger partial charge in [0.1, 0.15) is 5.75 Å². The summed E-state index contributed by atoms with van der Waals surface area (Å²) in [4.78, 5) is 15.9. The lowest BCUT2D eigenvalue weighted by Gasteiger charge is -2.27. The van der Waals surface area contributed by atoms with Crippen LogP contribution in [0.5, 0.6) is 5.75 Å². The second-order valence-electron chi connectivity index (χ2n) is 6.40. The molecule has 1 rings (SSSR count). The van der Waals surface area contributed by atoms with E-state index in [1.54, 1.807) is 0 Å². The van der Waals surface area contributed by atoms with Crippen molar-refractivity contribution in [1.82, 2.24) is 9.80 Å². The first-order valence-electron chi connectivity index (χ1n) is 8.81. The maximum atomic E-state index is 11.7. The van der Waals surface area contributed by atoms with Crippen LogP contribution in [0.4, 0.5) is 0 Å². The van der Waals surface area contributed by atoms with Crippen LogP contribution in [0, 0.1) is 0 Å². The maximum absolute atomic E-state index is 11.7. The fraction of sp³-hybridized carbons (Fsp3) is 0.632. The predicted octanol–water partition coefficient (Wildman–Crippen LogP) is 2.32. The molecule has 1 amide bonds. The summed E-state index contributed by atoms with van der Waals surface area (Å²) in [5, 5.41) is 0. The third-order valence-corrected chi connectivity index (χ3v) is 4.51. The molecule has 0 aliphatic heterocycles. The number of hydrogen-bond donors (Lipinski definition) is 1. The topological polar surface area (TPSA) is 58.8 Å². The molecule has 0 radical (unpaired) electrons.